The van der Waals surface area contributed by atoms with Crippen molar-refractivity contribution in [2.75, 3.05) is 6.54 Å². The van der Waals surface area contributed by atoms with Crippen molar-refractivity contribution in [3.8, 4) is 0 Å². The number of hydrogen-bond donors (Lipinski definition) is 2. The average Bonchev–Trinajstić information content (AvgIpc) is 2.37. The zero-order chi connectivity index (χ0) is 16.0. The van der Waals surface area contributed by atoms with E-state index in [2.05, 4.69) is 5.32 Å². The fourth-order valence-corrected chi connectivity index (χ4v) is 2.31. The van der Waals surface area contributed by atoms with Crippen LogP contribution in [0.5, 0.6) is 0 Å². The Kier molecular flexibility index (Phi) is 6.34. The molecule has 1 amide bonds. The molecule has 1 rings (SSSR count). The van der Waals surface area contributed by atoms with Gasteiger partial charge in [0.2, 0.25) is 0 Å². The number of nitrogens with one attached hydrogen (secondary N) is 1. The Balaban J connectivity index is 2.68. The minimum absolute atomic E-state index is 0.00520. The number of aliphatic carboxylic acids is 1. The standard InChI is InChI=1S/C16H22FNO3/c1-10(2)7-12(8-14(19)20)9-18-16(21)13-6-4-5-11(3)15(13)17/h4-6,10,12H,7-9H2,1-3H3,(H,18,21)(H,19,20)/t12-/m0/s1. The van der Waals surface area contributed by atoms with E-state index in [1.54, 1.807) is 19.1 Å². The fourth-order valence-electron chi connectivity index (χ4n) is 2.31. The molecule has 0 aromatic heterocycles. The molecule has 1 aromatic carbocycles. The van der Waals surface area contributed by atoms with Gasteiger partial charge in [-0.05, 0) is 36.8 Å². The van der Waals surface area contributed by atoms with Gasteiger partial charge >= 0.3 is 5.97 Å². The third kappa shape index (κ3) is 5.53. The first-order valence-corrected chi connectivity index (χ1v) is 7.06. The second kappa shape index (κ2) is 7.76. The summed E-state index contributed by atoms with van der Waals surface area (Å²) in [5, 5.41) is 11.5. The Labute approximate surface area is 124 Å². The largest absolute Gasteiger partial charge is 0.481 e. The van der Waals surface area contributed by atoms with Crippen molar-refractivity contribution < 1.29 is 19.1 Å². The van der Waals surface area contributed by atoms with Crippen LogP contribution in [0, 0.1) is 24.6 Å². The van der Waals surface area contributed by atoms with Crippen LogP contribution in [0.4, 0.5) is 4.39 Å². The van der Waals surface area contributed by atoms with Gasteiger partial charge in [0.1, 0.15) is 5.82 Å². The third-order valence-electron chi connectivity index (χ3n) is 3.26. The van der Waals surface area contributed by atoms with E-state index in [1.165, 1.54) is 6.07 Å². The molecule has 0 aliphatic heterocycles. The Morgan fingerprint density at radius 3 is 2.57 bits per heavy atom. The summed E-state index contributed by atoms with van der Waals surface area (Å²) in [7, 11) is 0. The molecule has 21 heavy (non-hydrogen) atoms. The van der Waals surface area contributed by atoms with E-state index < -0.39 is 17.7 Å². The summed E-state index contributed by atoms with van der Waals surface area (Å²) in [5.74, 6) is -1.75. The van der Waals surface area contributed by atoms with Gasteiger partial charge in [-0.15, -0.1) is 0 Å². The van der Waals surface area contributed by atoms with Crippen LogP contribution in [0.3, 0.4) is 0 Å². The number of amides is 1. The van der Waals surface area contributed by atoms with Crippen LogP contribution in [-0.2, 0) is 4.79 Å². The number of hydrogen-bond acceptors (Lipinski definition) is 2. The van der Waals surface area contributed by atoms with Gasteiger partial charge in [-0.1, -0.05) is 26.0 Å². The van der Waals surface area contributed by atoms with Crippen LogP contribution in [0.2, 0.25) is 0 Å². The molecule has 1 aromatic rings. The lowest BCUT2D eigenvalue weighted by atomic mass is 9.94. The van der Waals surface area contributed by atoms with Crippen molar-refractivity contribution >= 4 is 11.9 Å². The maximum absolute atomic E-state index is 13.8. The molecule has 0 radical (unpaired) electrons. The van der Waals surface area contributed by atoms with Crippen molar-refractivity contribution in [1.29, 1.82) is 0 Å². The van der Waals surface area contributed by atoms with Crippen LogP contribution in [0.15, 0.2) is 18.2 Å². The molecule has 4 nitrogen and oxygen atoms in total. The monoisotopic (exact) mass is 295 g/mol. The molecule has 116 valence electrons. The van der Waals surface area contributed by atoms with Crippen molar-refractivity contribution in [2.24, 2.45) is 11.8 Å². The maximum atomic E-state index is 13.8. The highest BCUT2D eigenvalue weighted by molar-refractivity contribution is 5.94. The highest BCUT2D eigenvalue weighted by atomic mass is 19.1. The predicted molar refractivity (Wildman–Crippen MR) is 78.7 cm³/mol. The van der Waals surface area contributed by atoms with Crippen molar-refractivity contribution in [2.45, 2.75) is 33.6 Å². The normalized spacial score (nSPS) is 12.2. The molecule has 0 bridgehead atoms. The topological polar surface area (TPSA) is 66.4 Å². The molecule has 0 aliphatic carbocycles. The van der Waals surface area contributed by atoms with Gasteiger partial charge in [0.05, 0.1) is 5.56 Å². The molecule has 0 saturated carbocycles. The average molecular weight is 295 g/mol. The number of carbonyl (C=O) groups excluding carboxylic acids is 1. The quantitative estimate of drug-likeness (QED) is 0.812. The maximum Gasteiger partial charge on any atom is 0.303 e. The number of carboxylic acids is 1. The predicted octanol–water partition coefficient (Wildman–Crippen LogP) is 3.00. The van der Waals surface area contributed by atoms with E-state index in [9.17, 15) is 14.0 Å². The van der Waals surface area contributed by atoms with Gasteiger partial charge in [0.25, 0.3) is 5.91 Å². The molecule has 0 heterocycles. The molecular weight excluding hydrogens is 273 g/mol. The fraction of sp³-hybridized carbons (Fsp3) is 0.500. The Bertz CT molecular complexity index is 514. The van der Waals surface area contributed by atoms with Gasteiger partial charge in [0, 0.05) is 13.0 Å². The molecule has 0 spiro atoms. The van der Waals surface area contributed by atoms with Crippen molar-refractivity contribution in [3.05, 3.63) is 35.1 Å². The number of aryl methyl sites for hydroxylation is 1. The van der Waals surface area contributed by atoms with Gasteiger partial charge < -0.3 is 10.4 Å². The highest BCUT2D eigenvalue weighted by Gasteiger charge is 2.18. The second-order valence-corrected chi connectivity index (χ2v) is 5.74. The number of rotatable bonds is 7. The number of benzene rings is 1. The second-order valence-electron chi connectivity index (χ2n) is 5.74. The van der Waals surface area contributed by atoms with Crippen LogP contribution in [0.25, 0.3) is 0 Å². The minimum Gasteiger partial charge on any atom is -0.481 e. The zero-order valence-electron chi connectivity index (χ0n) is 12.6. The van der Waals surface area contributed by atoms with Crippen LogP contribution in [0.1, 0.15) is 42.6 Å². The first kappa shape index (κ1) is 17.1. The summed E-state index contributed by atoms with van der Waals surface area (Å²) in [6.45, 7) is 5.82. The van der Waals surface area contributed by atoms with E-state index in [-0.39, 0.29) is 24.4 Å². The lowest BCUT2D eigenvalue weighted by Crippen LogP contribution is -2.31. The lowest BCUT2D eigenvalue weighted by Gasteiger charge is -2.18. The van der Waals surface area contributed by atoms with Crippen LogP contribution >= 0.6 is 0 Å². The van der Waals surface area contributed by atoms with Gasteiger partial charge in [0.15, 0.2) is 0 Å². The van der Waals surface area contributed by atoms with Crippen LogP contribution in [-0.4, -0.2) is 23.5 Å². The van der Waals surface area contributed by atoms with E-state index in [1.807, 2.05) is 13.8 Å². The highest BCUT2D eigenvalue weighted by Crippen LogP contribution is 2.16. The Morgan fingerprint density at radius 2 is 2.00 bits per heavy atom. The van der Waals surface area contributed by atoms with E-state index in [0.29, 0.717) is 17.9 Å². The van der Waals surface area contributed by atoms with Crippen LogP contribution < -0.4 is 5.32 Å². The number of halogens is 1. The van der Waals surface area contributed by atoms with Crippen molar-refractivity contribution in [1.82, 2.24) is 5.32 Å². The number of carbonyl (C=O) groups is 2. The van der Waals surface area contributed by atoms with Gasteiger partial charge in [-0.3, -0.25) is 9.59 Å². The molecule has 0 fully saturated rings. The van der Waals surface area contributed by atoms with Crippen molar-refractivity contribution in [3.63, 3.8) is 0 Å². The first-order chi connectivity index (χ1) is 9.81. The molecule has 1 atom stereocenters. The summed E-state index contributed by atoms with van der Waals surface area (Å²) in [5.41, 5.74) is 0.403. The van der Waals surface area contributed by atoms with Gasteiger partial charge in [-0.2, -0.15) is 0 Å². The summed E-state index contributed by atoms with van der Waals surface area (Å²) in [6, 6.07) is 4.64. The summed E-state index contributed by atoms with van der Waals surface area (Å²) >= 11 is 0. The molecule has 2 N–H and O–H groups in total. The van der Waals surface area contributed by atoms with E-state index in [0.717, 1.165) is 0 Å². The Morgan fingerprint density at radius 1 is 1.33 bits per heavy atom. The molecule has 0 saturated heterocycles. The summed E-state index contributed by atoms with van der Waals surface area (Å²) < 4.78 is 13.8. The van der Waals surface area contributed by atoms with E-state index in [4.69, 9.17) is 5.11 Å². The van der Waals surface area contributed by atoms with E-state index >= 15 is 0 Å². The van der Waals surface area contributed by atoms with Gasteiger partial charge in [-0.25, -0.2) is 4.39 Å². The molecule has 5 heteroatoms. The zero-order valence-corrected chi connectivity index (χ0v) is 12.6. The number of carboxylic acid groups (broad SMARTS) is 1. The minimum atomic E-state index is -0.892. The smallest absolute Gasteiger partial charge is 0.303 e. The molecule has 0 aliphatic rings. The third-order valence-corrected chi connectivity index (χ3v) is 3.26. The Hall–Kier alpha value is -1.91. The SMILES string of the molecule is Cc1cccc(C(=O)NC[C@H](CC(=O)O)CC(C)C)c1F. The molecule has 0 unspecified atom stereocenters. The lowest BCUT2D eigenvalue weighted by molar-refractivity contribution is -0.138. The first-order valence-electron chi connectivity index (χ1n) is 7.06. The molecular formula is C16H22FNO3. The summed E-state index contributed by atoms with van der Waals surface area (Å²) in [6.07, 6.45) is 0.692. The summed E-state index contributed by atoms with van der Waals surface area (Å²) in [4.78, 5) is 22.8.